The Kier molecular flexibility index (Phi) is 7.69. The van der Waals surface area contributed by atoms with E-state index in [9.17, 15) is 9.59 Å². The highest BCUT2D eigenvalue weighted by Gasteiger charge is 2.02. The van der Waals surface area contributed by atoms with Gasteiger partial charge in [0.2, 0.25) is 5.91 Å². The first-order valence-electron chi connectivity index (χ1n) is 5.86. The average Bonchev–Trinajstić information content (AvgIpc) is 2.39. The van der Waals surface area contributed by atoms with Gasteiger partial charge in [-0.2, -0.15) is 0 Å². The van der Waals surface area contributed by atoms with E-state index in [1.54, 1.807) is 0 Å². The summed E-state index contributed by atoms with van der Waals surface area (Å²) in [6.45, 7) is 0.867. The maximum atomic E-state index is 11.4. The van der Waals surface area contributed by atoms with Crippen molar-refractivity contribution in [1.29, 1.82) is 0 Å². The molecule has 1 rings (SSSR count). The number of carbonyl (C=O) groups excluding carboxylic acids is 1. The molecule has 0 saturated carbocycles. The third kappa shape index (κ3) is 8.23. The lowest BCUT2D eigenvalue weighted by Crippen LogP contribution is -2.29. The maximum absolute atomic E-state index is 11.4. The molecule has 0 aromatic heterocycles. The number of thioether (sulfide) groups is 1. The fourth-order valence-corrected chi connectivity index (χ4v) is 1.87. The molecule has 104 valence electrons. The van der Waals surface area contributed by atoms with Gasteiger partial charge >= 0.3 is 5.97 Å². The molecule has 0 spiro atoms. The van der Waals surface area contributed by atoms with Crippen LogP contribution in [-0.2, 0) is 20.9 Å². The molecule has 1 amide bonds. The minimum absolute atomic E-state index is 0.0124. The zero-order valence-corrected chi connectivity index (χ0v) is 11.3. The van der Waals surface area contributed by atoms with E-state index in [-0.39, 0.29) is 18.3 Å². The van der Waals surface area contributed by atoms with Crippen molar-refractivity contribution < 1.29 is 19.4 Å². The van der Waals surface area contributed by atoms with Crippen LogP contribution in [0.25, 0.3) is 0 Å². The van der Waals surface area contributed by atoms with E-state index >= 15 is 0 Å². The summed E-state index contributed by atoms with van der Waals surface area (Å²) in [6, 6.07) is 9.61. The molecule has 1 aromatic carbocycles. The first-order chi connectivity index (χ1) is 9.18. The van der Waals surface area contributed by atoms with Crippen LogP contribution in [0.5, 0.6) is 0 Å². The molecule has 0 aliphatic rings. The van der Waals surface area contributed by atoms with Gasteiger partial charge in [-0.25, -0.2) is 0 Å². The van der Waals surface area contributed by atoms with Gasteiger partial charge in [0.05, 0.1) is 12.4 Å². The molecule has 19 heavy (non-hydrogen) atoms. The monoisotopic (exact) mass is 283 g/mol. The van der Waals surface area contributed by atoms with Gasteiger partial charge in [0.1, 0.15) is 6.61 Å². The number of nitrogens with one attached hydrogen (secondary N) is 1. The molecule has 0 atom stereocenters. The Bertz CT molecular complexity index is 397. The Balaban J connectivity index is 2.01. The van der Waals surface area contributed by atoms with Gasteiger partial charge in [0.15, 0.2) is 0 Å². The lowest BCUT2D eigenvalue weighted by Gasteiger charge is -2.06. The normalized spacial score (nSPS) is 10.1. The molecular weight excluding hydrogens is 266 g/mol. The van der Waals surface area contributed by atoms with Crippen molar-refractivity contribution in [2.45, 2.75) is 6.61 Å². The van der Waals surface area contributed by atoms with E-state index in [1.807, 2.05) is 30.3 Å². The Morgan fingerprint density at radius 2 is 2.00 bits per heavy atom. The SMILES string of the molecule is O=C(O)CSCCNC(=O)COCc1ccccc1. The fraction of sp³-hybridized carbons (Fsp3) is 0.385. The highest BCUT2D eigenvalue weighted by molar-refractivity contribution is 7.99. The van der Waals surface area contributed by atoms with Gasteiger partial charge < -0.3 is 15.2 Å². The highest BCUT2D eigenvalue weighted by Crippen LogP contribution is 2.00. The third-order valence-corrected chi connectivity index (χ3v) is 3.08. The van der Waals surface area contributed by atoms with Crippen molar-refractivity contribution >= 4 is 23.6 Å². The van der Waals surface area contributed by atoms with Crippen molar-refractivity contribution in [3.63, 3.8) is 0 Å². The van der Waals surface area contributed by atoms with Crippen LogP contribution in [0.4, 0.5) is 0 Å². The molecule has 0 heterocycles. The summed E-state index contributed by atoms with van der Waals surface area (Å²) >= 11 is 1.27. The van der Waals surface area contributed by atoms with Gasteiger partial charge in [-0.15, -0.1) is 11.8 Å². The summed E-state index contributed by atoms with van der Waals surface area (Å²) in [5.41, 5.74) is 1.02. The molecule has 2 N–H and O–H groups in total. The van der Waals surface area contributed by atoms with Gasteiger partial charge in [-0.1, -0.05) is 30.3 Å². The number of hydrogen-bond donors (Lipinski definition) is 2. The number of rotatable bonds is 9. The summed E-state index contributed by atoms with van der Waals surface area (Å²) in [5, 5.41) is 11.1. The lowest BCUT2D eigenvalue weighted by atomic mass is 10.2. The Morgan fingerprint density at radius 1 is 1.26 bits per heavy atom. The summed E-state index contributed by atoms with van der Waals surface area (Å²) in [4.78, 5) is 21.6. The second kappa shape index (κ2) is 9.41. The first kappa shape index (κ1) is 15.5. The van der Waals surface area contributed by atoms with Crippen molar-refractivity contribution in [2.24, 2.45) is 0 Å². The van der Waals surface area contributed by atoms with E-state index in [0.29, 0.717) is 18.9 Å². The minimum atomic E-state index is -0.845. The van der Waals surface area contributed by atoms with E-state index in [0.717, 1.165) is 5.56 Å². The molecule has 0 radical (unpaired) electrons. The van der Waals surface area contributed by atoms with Crippen LogP contribution in [0.15, 0.2) is 30.3 Å². The smallest absolute Gasteiger partial charge is 0.313 e. The number of hydrogen-bond acceptors (Lipinski definition) is 4. The number of amides is 1. The molecule has 0 unspecified atom stereocenters. The van der Waals surface area contributed by atoms with Gasteiger partial charge in [0.25, 0.3) is 0 Å². The number of benzene rings is 1. The summed E-state index contributed by atoms with van der Waals surface area (Å²) < 4.78 is 5.26. The maximum Gasteiger partial charge on any atom is 0.313 e. The zero-order valence-electron chi connectivity index (χ0n) is 10.5. The van der Waals surface area contributed by atoms with Crippen LogP contribution in [0.2, 0.25) is 0 Å². The molecule has 0 aliphatic heterocycles. The molecule has 0 fully saturated rings. The van der Waals surface area contributed by atoms with E-state index in [2.05, 4.69) is 5.32 Å². The second-order valence-electron chi connectivity index (χ2n) is 3.77. The second-order valence-corrected chi connectivity index (χ2v) is 4.88. The molecule has 0 saturated heterocycles. The van der Waals surface area contributed by atoms with Crippen LogP contribution in [0.1, 0.15) is 5.56 Å². The molecule has 0 aliphatic carbocycles. The van der Waals surface area contributed by atoms with Crippen molar-refractivity contribution in [3.8, 4) is 0 Å². The van der Waals surface area contributed by atoms with Crippen molar-refractivity contribution in [3.05, 3.63) is 35.9 Å². The summed E-state index contributed by atoms with van der Waals surface area (Å²) in [6.07, 6.45) is 0. The molecule has 6 heteroatoms. The Morgan fingerprint density at radius 3 is 2.68 bits per heavy atom. The number of ether oxygens (including phenoxy) is 1. The van der Waals surface area contributed by atoms with Crippen LogP contribution < -0.4 is 5.32 Å². The predicted molar refractivity (Wildman–Crippen MR) is 74.1 cm³/mol. The Labute approximate surface area is 116 Å². The molecule has 0 bridgehead atoms. The molecular formula is C13H17NO4S. The fourth-order valence-electron chi connectivity index (χ4n) is 1.31. The summed E-state index contributed by atoms with van der Waals surface area (Å²) in [5.74, 6) is -0.397. The standard InChI is InChI=1S/C13H17NO4S/c15-12(14-6-7-19-10-13(16)17)9-18-8-11-4-2-1-3-5-11/h1-5H,6-10H2,(H,14,15)(H,16,17). The van der Waals surface area contributed by atoms with Crippen LogP contribution in [-0.4, -0.2) is 41.6 Å². The van der Waals surface area contributed by atoms with Gasteiger partial charge in [0, 0.05) is 12.3 Å². The molecule has 5 nitrogen and oxygen atoms in total. The number of carboxylic acids is 1. The van der Waals surface area contributed by atoms with Crippen molar-refractivity contribution in [1.82, 2.24) is 5.32 Å². The number of carboxylic acid groups (broad SMARTS) is 1. The number of carbonyl (C=O) groups is 2. The van der Waals surface area contributed by atoms with E-state index in [4.69, 9.17) is 9.84 Å². The predicted octanol–water partition coefficient (Wildman–Crippen LogP) is 1.14. The van der Waals surface area contributed by atoms with E-state index in [1.165, 1.54) is 11.8 Å². The van der Waals surface area contributed by atoms with Crippen LogP contribution in [0.3, 0.4) is 0 Å². The largest absolute Gasteiger partial charge is 0.481 e. The van der Waals surface area contributed by atoms with Crippen LogP contribution in [0, 0.1) is 0 Å². The third-order valence-electron chi connectivity index (χ3n) is 2.14. The Hall–Kier alpha value is -1.53. The van der Waals surface area contributed by atoms with Gasteiger partial charge in [-0.3, -0.25) is 9.59 Å². The highest BCUT2D eigenvalue weighted by atomic mass is 32.2. The first-order valence-corrected chi connectivity index (χ1v) is 7.02. The lowest BCUT2D eigenvalue weighted by molar-refractivity contribution is -0.134. The number of aliphatic carboxylic acids is 1. The van der Waals surface area contributed by atoms with Crippen molar-refractivity contribution in [2.75, 3.05) is 24.7 Å². The zero-order chi connectivity index (χ0) is 13.9. The summed E-state index contributed by atoms with van der Waals surface area (Å²) in [7, 11) is 0. The topological polar surface area (TPSA) is 75.6 Å². The molecule has 1 aromatic rings. The van der Waals surface area contributed by atoms with Gasteiger partial charge in [-0.05, 0) is 5.56 Å². The van der Waals surface area contributed by atoms with Crippen LogP contribution >= 0.6 is 11.8 Å². The average molecular weight is 283 g/mol. The minimum Gasteiger partial charge on any atom is -0.481 e. The van der Waals surface area contributed by atoms with E-state index < -0.39 is 5.97 Å². The quantitative estimate of drug-likeness (QED) is 0.665.